The summed E-state index contributed by atoms with van der Waals surface area (Å²) in [4.78, 5) is 11.9. The van der Waals surface area contributed by atoms with E-state index in [1.54, 1.807) is 14.2 Å². The predicted octanol–water partition coefficient (Wildman–Crippen LogP) is 3.86. The highest BCUT2D eigenvalue weighted by atomic mass is 35.5. The average Bonchev–Trinajstić information content (AvgIpc) is 2.58. The van der Waals surface area contributed by atoms with Crippen LogP contribution in [0.4, 0.5) is 4.39 Å². The maximum Gasteiger partial charge on any atom is 0.254 e. The van der Waals surface area contributed by atoms with Gasteiger partial charge in [0.15, 0.2) is 11.5 Å². The monoisotopic (exact) mass is 351 g/mol. The summed E-state index contributed by atoms with van der Waals surface area (Å²) in [5.74, 6) is 0.270. The Morgan fingerprint density at radius 1 is 1.12 bits per heavy atom. The zero-order valence-corrected chi connectivity index (χ0v) is 14.3. The predicted molar refractivity (Wildman–Crippen MR) is 91.6 cm³/mol. The number of aryl methyl sites for hydroxylation is 1. The molecule has 0 radical (unpaired) electrons. The van der Waals surface area contributed by atoms with Crippen LogP contribution < -0.4 is 14.8 Å². The van der Waals surface area contributed by atoms with Gasteiger partial charge in [-0.15, -0.1) is 0 Å². The maximum absolute atomic E-state index is 13.7. The van der Waals surface area contributed by atoms with Gasteiger partial charge in [-0.1, -0.05) is 17.7 Å². The van der Waals surface area contributed by atoms with E-state index >= 15 is 0 Å². The highest BCUT2D eigenvalue weighted by Gasteiger charge is 2.11. The third-order valence-corrected chi connectivity index (χ3v) is 3.79. The molecule has 0 bridgehead atoms. The third-order valence-electron chi connectivity index (χ3n) is 3.55. The molecule has 0 spiro atoms. The molecule has 4 nitrogen and oxygen atoms in total. The van der Waals surface area contributed by atoms with E-state index < -0.39 is 11.7 Å². The lowest BCUT2D eigenvalue weighted by molar-refractivity contribution is 0.0949. The second kappa shape index (κ2) is 8.55. The van der Waals surface area contributed by atoms with E-state index in [-0.39, 0.29) is 10.6 Å². The smallest absolute Gasteiger partial charge is 0.254 e. The van der Waals surface area contributed by atoms with E-state index in [1.165, 1.54) is 12.1 Å². The van der Waals surface area contributed by atoms with Crippen molar-refractivity contribution < 1.29 is 18.7 Å². The Balaban J connectivity index is 1.85. The number of carbonyl (C=O) groups is 1. The van der Waals surface area contributed by atoms with Gasteiger partial charge >= 0.3 is 0 Å². The molecule has 0 aliphatic carbocycles. The van der Waals surface area contributed by atoms with Crippen molar-refractivity contribution in [1.29, 1.82) is 0 Å². The van der Waals surface area contributed by atoms with Gasteiger partial charge in [0, 0.05) is 11.6 Å². The van der Waals surface area contributed by atoms with Crippen molar-refractivity contribution in [2.24, 2.45) is 0 Å². The summed E-state index contributed by atoms with van der Waals surface area (Å²) in [6.45, 7) is 0.440. The quantitative estimate of drug-likeness (QED) is 0.770. The molecule has 0 saturated carbocycles. The van der Waals surface area contributed by atoms with Crippen molar-refractivity contribution in [3.05, 3.63) is 58.4 Å². The van der Waals surface area contributed by atoms with E-state index in [1.807, 2.05) is 18.2 Å². The minimum atomic E-state index is -0.625. The molecule has 6 heteroatoms. The summed E-state index contributed by atoms with van der Waals surface area (Å²) in [5.41, 5.74) is 1.06. The number of hydrogen-bond donors (Lipinski definition) is 1. The summed E-state index contributed by atoms with van der Waals surface area (Å²) in [5, 5.41) is 2.96. The van der Waals surface area contributed by atoms with Crippen LogP contribution >= 0.6 is 11.6 Å². The van der Waals surface area contributed by atoms with E-state index in [9.17, 15) is 9.18 Å². The SMILES string of the molecule is COc1ccc(CCCNC(=O)c2ccc(Cl)cc2F)cc1OC. The lowest BCUT2D eigenvalue weighted by Crippen LogP contribution is -2.25. The fraction of sp³-hybridized carbons (Fsp3) is 0.278. The number of ether oxygens (including phenoxy) is 2. The molecular weight excluding hydrogens is 333 g/mol. The molecule has 0 aliphatic rings. The molecule has 1 amide bonds. The van der Waals surface area contributed by atoms with Crippen LogP contribution in [0.15, 0.2) is 36.4 Å². The van der Waals surface area contributed by atoms with Gasteiger partial charge in [0.2, 0.25) is 0 Å². The molecule has 2 aromatic carbocycles. The van der Waals surface area contributed by atoms with Crippen molar-refractivity contribution in [1.82, 2.24) is 5.32 Å². The van der Waals surface area contributed by atoms with Crippen molar-refractivity contribution in [2.75, 3.05) is 20.8 Å². The molecule has 0 unspecified atom stereocenters. The number of nitrogens with one attached hydrogen (secondary N) is 1. The summed E-state index contributed by atoms with van der Waals surface area (Å²) in [7, 11) is 3.17. The molecule has 0 saturated heterocycles. The first kappa shape index (κ1) is 18.1. The minimum Gasteiger partial charge on any atom is -0.493 e. The van der Waals surface area contributed by atoms with Gasteiger partial charge in [0.25, 0.3) is 5.91 Å². The zero-order valence-electron chi connectivity index (χ0n) is 13.6. The number of hydrogen-bond acceptors (Lipinski definition) is 3. The number of rotatable bonds is 7. The maximum atomic E-state index is 13.7. The lowest BCUT2D eigenvalue weighted by atomic mass is 10.1. The van der Waals surface area contributed by atoms with E-state index in [0.29, 0.717) is 18.0 Å². The van der Waals surface area contributed by atoms with Crippen molar-refractivity contribution in [3.8, 4) is 11.5 Å². The largest absolute Gasteiger partial charge is 0.493 e. The van der Waals surface area contributed by atoms with Crippen LogP contribution in [0, 0.1) is 5.82 Å². The number of carbonyl (C=O) groups excluding carboxylic acids is 1. The van der Waals surface area contributed by atoms with Crippen LogP contribution in [-0.2, 0) is 6.42 Å². The highest BCUT2D eigenvalue weighted by Crippen LogP contribution is 2.27. The highest BCUT2D eigenvalue weighted by molar-refractivity contribution is 6.30. The van der Waals surface area contributed by atoms with Crippen LogP contribution in [0.3, 0.4) is 0 Å². The third kappa shape index (κ3) is 4.61. The summed E-state index contributed by atoms with van der Waals surface area (Å²) >= 11 is 5.67. The normalized spacial score (nSPS) is 10.3. The molecule has 0 atom stereocenters. The minimum absolute atomic E-state index is 0.00878. The molecular formula is C18H19ClFNO3. The first-order valence-electron chi connectivity index (χ1n) is 7.49. The average molecular weight is 352 g/mol. The van der Waals surface area contributed by atoms with Crippen LogP contribution in [-0.4, -0.2) is 26.7 Å². The van der Waals surface area contributed by atoms with Gasteiger partial charge in [-0.3, -0.25) is 4.79 Å². The van der Waals surface area contributed by atoms with Gasteiger partial charge < -0.3 is 14.8 Å². The van der Waals surface area contributed by atoms with Crippen molar-refractivity contribution in [3.63, 3.8) is 0 Å². The van der Waals surface area contributed by atoms with Gasteiger partial charge in [-0.25, -0.2) is 4.39 Å². The van der Waals surface area contributed by atoms with E-state index in [0.717, 1.165) is 24.5 Å². The molecule has 0 heterocycles. The molecule has 2 aromatic rings. The van der Waals surface area contributed by atoms with Gasteiger partial charge in [-0.05, 0) is 48.7 Å². The Kier molecular flexibility index (Phi) is 6.44. The first-order chi connectivity index (χ1) is 11.5. The Bertz CT molecular complexity index is 721. The Hall–Kier alpha value is -2.27. The van der Waals surface area contributed by atoms with Crippen LogP contribution in [0.25, 0.3) is 0 Å². The van der Waals surface area contributed by atoms with Crippen molar-refractivity contribution >= 4 is 17.5 Å². The molecule has 0 fully saturated rings. The molecule has 24 heavy (non-hydrogen) atoms. The van der Waals surface area contributed by atoms with Gasteiger partial charge in [0.05, 0.1) is 19.8 Å². The molecule has 0 aliphatic heterocycles. The number of halogens is 2. The lowest BCUT2D eigenvalue weighted by Gasteiger charge is -2.10. The van der Waals surface area contributed by atoms with E-state index in [4.69, 9.17) is 21.1 Å². The first-order valence-corrected chi connectivity index (χ1v) is 7.87. The Labute approximate surface area is 145 Å². The molecule has 1 N–H and O–H groups in total. The molecule has 0 aromatic heterocycles. The topological polar surface area (TPSA) is 47.6 Å². The van der Waals surface area contributed by atoms with E-state index in [2.05, 4.69) is 5.32 Å². The summed E-state index contributed by atoms with van der Waals surface area (Å²) in [6, 6.07) is 9.68. The van der Waals surface area contributed by atoms with Gasteiger partial charge in [0.1, 0.15) is 5.82 Å². The standard InChI is InChI=1S/C18H19ClFNO3/c1-23-16-8-5-12(10-17(16)24-2)4-3-9-21-18(22)14-7-6-13(19)11-15(14)20/h5-8,10-11H,3-4,9H2,1-2H3,(H,21,22). The van der Waals surface area contributed by atoms with Crippen LogP contribution in [0.5, 0.6) is 11.5 Å². The van der Waals surface area contributed by atoms with Gasteiger partial charge in [-0.2, -0.15) is 0 Å². The summed E-state index contributed by atoms with van der Waals surface area (Å²) < 4.78 is 24.1. The fourth-order valence-corrected chi connectivity index (χ4v) is 2.46. The van der Waals surface area contributed by atoms with Crippen LogP contribution in [0.2, 0.25) is 5.02 Å². The zero-order chi connectivity index (χ0) is 17.5. The van der Waals surface area contributed by atoms with Crippen LogP contribution in [0.1, 0.15) is 22.3 Å². The second-order valence-corrected chi connectivity index (χ2v) is 5.61. The molecule has 2 rings (SSSR count). The molecule has 128 valence electrons. The number of methoxy groups -OCH3 is 2. The Morgan fingerprint density at radius 2 is 1.88 bits per heavy atom. The Morgan fingerprint density at radius 3 is 2.54 bits per heavy atom. The fourth-order valence-electron chi connectivity index (χ4n) is 2.30. The number of amides is 1. The summed E-state index contributed by atoms with van der Waals surface area (Å²) in [6.07, 6.45) is 1.47. The number of benzene rings is 2. The second-order valence-electron chi connectivity index (χ2n) is 5.17. The van der Waals surface area contributed by atoms with Crippen molar-refractivity contribution in [2.45, 2.75) is 12.8 Å².